The number of nitrogens with one attached hydrogen (secondary N) is 1. The van der Waals surface area contributed by atoms with E-state index < -0.39 is 0 Å². The van der Waals surface area contributed by atoms with Crippen molar-refractivity contribution >= 4 is 11.7 Å². The molecule has 3 nitrogen and oxygen atoms in total. The van der Waals surface area contributed by atoms with Crippen LogP contribution in [0.4, 0.5) is 0 Å². The molecule has 96 valence electrons. The average Bonchev–Trinajstić information content (AvgIpc) is 2.27. The summed E-state index contributed by atoms with van der Waals surface area (Å²) in [7, 11) is 0. The average molecular weight is 245 g/mol. The molecular formula is C15H19NO2. The molecule has 0 fully saturated rings. The Labute approximate surface area is 108 Å². The molecule has 3 heteroatoms. The maximum atomic E-state index is 11.6. The van der Waals surface area contributed by atoms with Gasteiger partial charge in [0.1, 0.15) is 0 Å². The van der Waals surface area contributed by atoms with Crippen molar-refractivity contribution in [3.8, 4) is 0 Å². The van der Waals surface area contributed by atoms with E-state index in [1.807, 2.05) is 25.1 Å². The highest BCUT2D eigenvalue weighted by Gasteiger charge is 2.27. The monoisotopic (exact) mass is 245 g/mol. The minimum atomic E-state index is -0.299. The van der Waals surface area contributed by atoms with Crippen LogP contribution in [0.2, 0.25) is 0 Å². The highest BCUT2D eigenvalue weighted by Crippen LogP contribution is 2.29. The number of ether oxygens (including phenoxy) is 1. The van der Waals surface area contributed by atoms with Gasteiger partial charge in [-0.3, -0.25) is 0 Å². The zero-order chi connectivity index (χ0) is 13.2. The van der Waals surface area contributed by atoms with Gasteiger partial charge in [0.15, 0.2) is 0 Å². The first-order valence-corrected chi connectivity index (χ1v) is 6.27. The van der Waals surface area contributed by atoms with Gasteiger partial charge in [0.2, 0.25) is 0 Å². The minimum absolute atomic E-state index is 0.0489. The van der Waals surface area contributed by atoms with Crippen LogP contribution in [0.1, 0.15) is 31.9 Å². The van der Waals surface area contributed by atoms with Crippen LogP contribution >= 0.6 is 0 Å². The van der Waals surface area contributed by atoms with Gasteiger partial charge in [0.25, 0.3) is 0 Å². The standard InChI is InChI=1S/C15H19NO2/c1-4-18-14(17)9-13-12-8-6-5-7-11(12)10-15(2,3)16-13/h5-9,16H,4,10H2,1-3H3/b13-9-. The Balaban J connectivity index is 2.38. The number of rotatable bonds is 2. The van der Waals surface area contributed by atoms with Crippen LogP contribution < -0.4 is 5.32 Å². The second kappa shape index (κ2) is 4.84. The normalized spacial score (nSPS) is 18.9. The van der Waals surface area contributed by atoms with E-state index in [4.69, 9.17) is 4.74 Å². The molecule has 0 bridgehead atoms. The number of hydrogen-bond acceptors (Lipinski definition) is 3. The number of fused-ring (bicyclic) bond motifs is 1. The van der Waals surface area contributed by atoms with Crippen LogP contribution in [-0.4, -0.2) is 18.1 Å². The molecule has 0 saturated heterocycles. The second-order valence-corrected chi connectivity index (χ2v) is 5.15. The molecule has 1 N–H and O–H groups in total. The number of hydrogen-bond donors (Lipinski definition) is 1. The van der Waals surface area contributed by atoms with Crippen LogP contribution in [0.15, 0.2) is 30.3 Å². The summed E-state index contributed by atoms with van der Waals surface area (Å²) in [6.45, 7) is 6.46. The van der Waals surface area contributed by atoms with E-state index in [1.54, 1.807) is 6.08 Å². The van der Waals surface area contributed by atoms with Crippen molar-refractivity contribution in [2.45, 2.75) is 32.7 Å². The van der Waals surface area contributed by atoms with Crippen LogP contribution in [0.25, 0.3) is 5.70 Å². The first kappa shape index (κ1) is 12.7. The lowest BCUT2D eigenvalue weighted by molar-refractivity contribution is -0.137. The summed E-state index contributed by atoms with van der Waals surface area (Å²) < 4.78 is 4.97. The molecule has 0 radical (unpaired) electrons. The van der Waals surface area contributed by atoms with Crippen molar-refractivity contribution in [1.82, 2.24) is 5.32 Å². The van der Waals surface area contributed by atoms with Gasteiger partial charge in [0.05, 0.1) is 6.61 Å². The maximum Gasteiger partial charge on any atom is 0.332 e. The number of benzene rings is 1. The molecule has 1 aromatic rings. The highest BCUT2D eigenvalue weighted by molar-refractivity contribution is 5.91. The summed E-state index contributed by atoms with van der Waals surface area (Å²) in [5.74, 6) is -0.299. The Morgan fingerprint density at radius 3 is 2.89 bits per heavy atom. The van der Waals surface area contributed by atoms with Crippen molar-refractivity contribution in [1.29, 1.82) is 0 Å². The molecule has 18 heavy (non-hydrogen) atoms. The number of carbonyl (C=O) groups excluding carboxylic acids is 1. The fraction of sp³-hybridized carbons (Fsp3) is 0.400. The van der Waals surface area contributed by atoms with Crippen LogP contribution in [0.5, 0.6) is 0 Å². The minimum Gasteiger partial charge on any atom is -0.463 e. The third kappa shape index (κ3) is 2.73. The van der Waals surface area contributed by atoms with Gasteiger partial charge >= 0.3 is 5.97 Å². The predicted octanol–water partition coefficient (Wildman–Crippen LogP) is 2.51. The molecule has 1 aromatic carbocycles. The third-order valence-corrected chi connectivity index (χ3v) is 2.96. The zero-order valence-electron chi connectivity index (χ0n) is 11.1. The molecule has 0 aliphatic carbocycles. The smallest absolute Gasteiger partial charge is 0.332 e. The van der Waals surface area contributed by atoms with Crippen molar-refractivity contribution in [2.24, 2.45) is 0 Å². The molecule has 1 aliphatic heterocycles. The first-order chi connectivity index (χ1) is 8.52. The predicted molar refractivity (Wildman–Crippen MR) is 72.0 cm³/mol. The van der Waals surface area contributed by atoms with E-state index in [1.165, 1.54) is 5.56 Å². The SMILES string of the molecule is CCOC(=O)/C=C1\NC(C)(C)Cc2ccccc21. The summed E-state index contributed by atoms with van der Waals surface area (Å²) >= 11 is 0. The number of esters is 1. The molecule has 2 rings (SSSR count). The molecule has 1 heterocycles. The van der Waals surface area contributed by atoms with Gasteiger partial charge < -0.3 is 10.1 Å². The summed E-state index contributed by atoms with van der Waals surface area (Å²) in [5, 5.41) is 3.40. The van der Waals surface area contributed by atoms with Crippen LogP contribution in [-0.2, 0) is 16.0 Å². The topological polar surface area (TPSA) is 38.3 Å². The van der Waals surface area contributed by atoms with E-state index in [0.717, 1.165) is 17.7 Å². The van der Waals surface area contributed by atoms with Gasteiger partial charge in [-0.15, -0.1) is 0 Å². The molecular weight excluding hydrogens is 226 g/mol. The van der Waals surface area contributed by atoms with Crippen molar-refractivity contribution < 1.29 is 9.53 Å². The van der Waals surface area contributed by atoms with Gasteiger partial charge in [-0.05, 0) is 32.8 Å². The molecule has 0 aromatic heterocycles. The first-order valence-electron chi connectivity index (χ1n) is 6.27. The van der Waals surface area contributed by atoms with E-state index in [0.29, 0.717) is 6.61 Å². The zero-order valence-corrected chi connectivity index (χ0v) is 11.1. The van der Waals surface area contributed by atoms with Gasteiger partial charge in [-0.2, -0.15) is 0 Å². The fourth-order valence-electron chi connectivity index (χ4n) is 2.31. The van der Waals surface area contributed by atoms with Crippen molar-refractivity contribution in [3.63, 3.8) is 0 Å². The van der Waals surface area contributed by atoms with Crippen molar-refractivity contribution in [2.75, 3.05) is 6.61 Å². The summed E-state index contributed by atoms with van der Waals surface area (Å²) in [6.07, 6.45) is 2.49. The van der Waals surface area contributed by atoms with E-state index >= 15 is 0 Å². The van der Waals surface area contributed by atoms with E-state index in [-0.39, 0.29) is 11.5 Å². The Kier molecular flexibility index (Phi) is 3.41. The van der Waals surface area contributed by atoms with Crippen molar-refractivity contribution in [3.05, 3.63) is 41.5 Å². The van der Waals surface area contributed by atoms with Gasteiger partial charge in [0, 0.05) is 22.9 Å². The number of carbonyl (C=O) groups is 1. The molecule has 0 atom stereocenters. The lowest BCUT2D eigenvalue weighted by Crippen LogP contribution is -2.43. The van der Waals surface area contributed by atoms with Crippen LogP contribution in [0.3, 0.4) is 0 Å². The lowest BCUT2D eigenvalue weighted by Gasteiger charge is -2.35. The third-order valence-electron chi connectivity index (χ3n) is 2.96. The molecule has 0 saturated carbocycles. The molecule has 0 spiro atoms. The Hall–Kier alpha value is -1.77. The molecule has 1 aliphatic rings. The quantitative estimate of drug-likeness (QED) is 0.642. The Morgan fingerprint density at radius 1 is 1.44 bits per heavy atom. The van der Waals surface area contributed by atoms with E-state index in [9.17, 15) is 4.79 Å². The largest absolute Gasteiger partial charge is 0.463 e. The highest BCUT2D eigenvalue weighted by atomic mass is 16.5. The second-order valence-electron chi connectivity index (χ2n) is 5.15. The summed E-state index contributed by atoms with van der Waals surface area (Å²) in [4.78, 5) is 11.6. The maximum absolute atomic E-state index is 11.6. The Morgan fingerprint density at radius 2 is 2.17 bits per heavy atom. The molecule has 0 unspecified atom stereocenters. The fourth-order valence-corrected chi connectivity index (χ4v) is 2.31. The van der Waals surface area contributed by atoms with Crippen LogP contribution in [0, 0.1) is 0 Å². The lowest BCUT2D eigenvalue weighted by atomic mass is 9.86. The van der Waals surface area contributed by atoms with Gasteiger partial charge in [-0.25, -0.2) is 4.79 Å². The molecule has 0 amide bonds. The van der Waals surface area contributed by atoms with Gasteiger partial charge in [-0.1, -0.05) is 24.3 Å². The summed E-state index contributed by atoms with van der Waals surface area (Å²) in [5.41, 5.74) is 3.15. The van der Waals surface area contributed by atoms with E-state index in [2.05, 4.69) is 25.2 Å². The summed E-state index contributed by atoms with van der Waals surface area (Å²) in [6, 6.07) is 8.15. The Bertz CT molecular complexity index is 489.